The first-order valence-electron chi connectivity index (χ1n) is 6.10. The molecule has 1 rings (SSSR count). The van der Waals surface area contributed by atoms with Crippen molar-refractivity contribution in [2.75, 3.05) is 32.8 Å². The molecular formula is C11H25NO2Si. The van der Waals surface area contributed by atoms with Crippen LogP contribution in [0.5, 0.6) is 0 Å². The van der Waals surface area contributed by atoms with Gasteiger partial charge in [-0.3, -0.25) is 0 Å². The Labute approximate surface area is 95.0 Å². The predicted octanol–water partition coefficient (Wildman–Crippen LogP) is 2.08. The third kappa shape index (κ3) is 4.22. The fourth-order valence-corrected chi connectivity index (χ4v) is 5.22. The highest BCUT2D eigenvalue weighted by molar-refractivity contribution is 6.66. The Bertz CT molecular complexity index is 191. The fraction of sp³-hybridized carbons (Fsp3) is 1.00. The monoisotopic (exact) mass is 231 g/mol. The van der Waals surface area contributed by atoms with Gasteiger partial charge in [0.2, 0.25) is 0 Å². The molecule has 3 nitrogen and oxygen atoms in total. The van der Waals surface area contributed by atoms with Crippen LogP contribution < -0.4 is 0 Å². The van der Waals surface area contributed by atoms with Crippen LogP contribution in [-0.4, -0.2) is 46.3 Å². The van der Waals surface area contributed by atoms with Gasteiger partial charge in [-0.15, -0.1) is 0 Å². The molecule has 0 N–H and O–H groups in total. The van der Waals surface area contributed by atoms with Crippen LogP contribution in [-0.2, 0) is 8.85 Å². The van der Waals surface area contributed by atoms with E-state index in [1.165, 1.54) is 6.54 Å². The minimum atomic E-state index is -1.85. The van der Waals surface area contributed by atoms with Gasteiger partial charge in [-0.25, -0.2) is 0 Å². The van der Waals surface area contributed by atoms with Crippen molar-refractivity contribution in [1.82, 2.24) is 4.90 Å². The molecule has 15 heavy (non-hydrogen) atoms. The number of likely N-dealkylation sites (N-methyl/N-ethyl adjacent to an activating group) is 1. The topological polar surface area (TPSA) is 21.7 Å². The van der Waals surface area contributed by atoms with Gasteiger partial charge in [0.1, 0.15) is 0 Å². The molecule has 0 radical (unpaired) electrons. The van der Waals surface area contributed by atoms with Crippen molar-refractivity contribution in [3.8, 4) is 0 Å². The lowest BCUT2D eigenvalue weighted by atomic mass is 10.2. The molecule has 1 heterocycles. The van der Waals surface area contributed by atoms with E-state index in [0.29, 0.717) is 5.92 Å². The first-order chi connectivity index (χ1) is 7.09. The average Bonchev–Trinajstić information content (AvgIpc) is 2.13. The van der Waals surface area contributed by atoms with Crippen LogP contribution in [0, 0.1) is 5.92 Å². The Hall–Kier alpha value is 0.0969. The molecule has 0 bridgehead atoms. The first-order valence-corrected chi connectivity index (χ1v) is 8.62. The van der Waals surface area contributed by atoms with E-state index in [9.17, 15) is 0 Å². The van der Waals surface area contributed by atoms with Crippen LogP contribution in [0.1, 0.15) is 20.8 Å². The standard InChI is InChI=1S/C11H25NO2Si/c1-5-12-7-8-14-15(4,13-6-2)10-11(3)9-12/h11H,5-10H2,1-4H3. The summed E-state index contributed by atoms with van der Waals surface area (Å²) in [6.07, 6.45) is 0. The zero-order chi connectivity index (χ0) is 11.3. The molecular weight excluding hydrogens is 206 g/mol. The van der Waals surface area contributed by atoms with E-state index in [4.69, 9.17) is 8.85 Å². The Morgan fingerprint density at radius 2 is 2.20 bits per heavy atom. The summed E-state index contributed by atoms with van der Waals surface area (Å²) in [7, 11) is -1.85. The smallest absolute Gasteiger partial charge is 0.335 e. The van der Waals surface area contributed by atoms with Gasteiger partial charge in [0.25, 0.3) is 0 Å². The van der Waals surface area contributed by atoms with Crippen molar-refractivity contribution in [2.45, 2.75) is 33.4 Å². The summed E-state index contributed by atoms with van der Waals surface area (Å²) in [4.78, 5) is 2.46. The van der Waals surface area contributed by atoms with E-state index in [-0.39, 0.29) is 0 Å². The zero-order valence-corrected chi connectivity index (χ0v) is 11.6. The van der Waals surface area contributed by atoms with Crippen molar-refractivity contribution in [1.29, 1.82) is 0 Å². The van der Waals surface area contributed by atoms with E-state index < -0.39 is 8.56 Å². The second kappa shape index (κ2) is 5.99. The Balaban J connectivity index is 2.53. The minimum Gasteiger partial charge on any atom is -0.395 e. The van der Waals surface area contributed by atoms with Crippen LogP contribution in [0.3, 0.4) is 0 Å². The largest absolute Gasteiger partial charge is 0.395 e. The normalized spacial score (nSPS) is 34.8. The molecule has 2 unspecified atom stereocenters. The van der Waals surface area contributed by atoms with E-state index in [1.807, 2.05) is 0 Å². The molecule has 90 valence electrons. The molecule has 1 aliphatic rings. The average molecular weight is 231 g/mol. The summed E-state index contributed by atoms with van der Waals surface area (Å²) in [6, 6.07) is 1.12. The maximum absolute atomic E-state index is 5.99. The van der Waals surface area contributed by atoms with Gasteiger partial charge in [0, 0.05) is 26.3 Å². The number of nitrogens with zero attached hydrogens (tertiary/aromatic N) is 1. The number of rotatable bonds is 3. The van der Waals surface area contributed by atoms with Crippen molar-refractivity contribution < 1.29 is 8.85 Å². The third-order valence-electron chi connectivity index (χ3n) is 3.00. The molecule has 2 atom stereocenters. The molecule has 0 aromatic heterocycles. The lowest BCUT2D eigenvalue weighted by Crippen LogP contribution is -2.47. The molecule has 1 saturated heterocycles. The van der Waals surface area contributed by atoms with Crippen LogP contribution in [0.4, 0.5) is 0 Å². The van der Waals surface area contributed by atoms with Gasteiger partial charge < -0.3 is 13.8 Å². The van der Waals surface area contributed by atoms with Crippen molar-refractivity contribution in [2.24, 2.45) is 5.92 Å². The lowest BCUT2D eigenvalue weighted by molar-refractivity contribution is 0.124. The second-order valence-corrected chi connectivity index (χ2v) is 7.87. The van der Waals surface area contributed by atoms with E-state index in [2.05, 4.69) is 32.2 Å². The number of hydrogen-bond acceptors (Lipinski definition) is 3. The van der Waals surface area contributed by atoms with E-state index >= 15 is 0 Å². The number of hydrogen-bond donors (Lipinski definition) is 0. The molecule has 0 aromatic rings. The summed E-state index contributed by atoms with van der Waals surface area (Å²) >= 11 is 0. The molecule has 0 saturated carbocycles. The summed E-state index contributed by atoms with van der Waals surface area (Å²) in [5.41, 5.74) is 0. The van der Waals surface area contributed by atoms with Gasteiger partial charge in [-0.2, -0.15) is 0 Å². The van der Waals surface area contributed by atoms with Crippen LogP contribution in [0.2, 0.25) is 12.6 Å². The fourth-order valence-electron chi connectivity index (χ4n) is 2.37. The van der Waals surface area contributed by atoms with Gasteiger partial charge in [-0.1, -0.05) is 13.8 Å². The molecule has 4 heteroatoms. The summed E-state index contributed by atoms with van der Waals surface area (Å²) in [5.74, 6) is 0.688. The van der Waals surface area contributed by atoms with Crippen molar-refractivity contribution in [3.05, 3.63) is 0 Å². The van der Waals surface area contributed by atoms with Crippen molar-refractivity contribution in [3.63, 3.8) is 0 Å². The highest BCUT2D eigenvalue weighted by atomic mass is 28.4. The summed E-state index contributed by atoms with van der Waals surface area (Å²) < 4.78 is 11.8. The molecule has 1 aliphatic heterocycles. The Morgan fingerprint density at radius 3 is 2.80 bits per heavy atom. The van der Waals surface area contributed by atoms with Crippen LogP contribution in [0.15, 0.2) is 0 Å². The molecule has 0 amide bonds. The van der Waals surface area contributed by atoms with Gasteiger partial charge >= 0.3 is 8.56 Å². The maximum Gasteiger partial charge on any atom is 0.335 e. The highest BCUT2D eigenvalue weighted by Crippen LogP contribution is 2.22. The van der Waals surface area contributed by atoms with E-state index in [1.54, 1.807) is 0 Å². The van der Waals surface area contributed by atoms with E-state index in [0.717, 1.165) is 32.3 Å². The van der Waals surface area contributed by atoms with Crippen molar-refractivity contribution >= 4 is 8.56 Å². The second-order valence-electron chi connectivity index (χ2n) is 4.62. The van der Waals surface area contributed by atoms with Gasteiger partial charge in [0.15, 0.2) is 0 Å². The third-order valence-corrected chi connectivity index (χ3v) is 6.15. The lowest BCUT2D eigenvalue weighted by Gasteiger charge is -2.35. The molecule has 0 aliphatic carbocycles. The SMILES string of the molecule is CCO[Si]1(C)CC(C)CN(CC)CCO1. The zero-order valence-electron chi connectivity index (χ0n) is 10.6. The molecule has 1 fully saturated rings. The van der Waals surface area contributed by atoms with Gasteiger partial charge in [0.05, 0.1) is 0 Å². The molecule has 0 spiro atoms. The Morgan fingerprint density at radius 1 is 1.47 bits per heavy atom. The van der Waals surface area contributed by atoms with Crippen LogP contribution >= 0.6 is 0 Å². The summed E-state index contributed by atoms with van der Waals surface area (Å²) in [5, 5.41) is 0. The Kier molecular flexibility index (Phi) is 5.25. The molecule has 0 aromatic carbocycles. The summed E-state index contributed by atoms with van der Waals surface area (Å²) in [6.45, 7) is 13.8. The first kappa shape index (κ1) is 13.2. The van der Waals surface area contributed by atoms with Crippen LogP contribution in [0.25, 0.3) is 0 Å². The highest BCUT2D eigenvalue weighted by Gasteiger charge is 2.35. The minimum absolute atomic E-state index is 0.688. The quantitative estimate of drug-likeness (QED) is 0.694. The maximum atomic E-state index is 5.99. The predicted molar refractivity (Wildman–Crippen MR) is 65.3 cm³/mol. The van der Waals surface area contributed by atoms with Gasteiger partial charge in [-0.05, 0) is 32.0 Å².